The summed E-state index contributed by atoms with van der Waals surface area (Å²) in [5.41, 5.74) is 1.00. The van der Waals surface area contributed by atoms with Crippen LogP contribution in [0, 0.1) is 5.92 Å². The van der Waals surface area contributed by atoms with E-state index in [1.807, 2.05) is 24.3 Å². The molecule has 0 radical (unpaired) electrons. The van der Waals surface area contributed by atoms with Crippen LogP contribution in [-0.2, 0) is 9.47 Å². The van der Waals surface area contributed by atoms with Gasteiger partial charge in [-0.2, -0.15) is 0 Å². The van der Waals surface area contributed by atoms with Crippen LogP contribution in [0.15, 0.2) is 24.3 Å². The molecule has 1 heterocycles. The van der Waals surface area contributed by atoms with Crippen LogP contribution in [0.2, 0.25) is 0 Å². The van der Waals surface area contributed by atoms with Crippen molar-refractivity contribution in [1.82, 2.24) is 0 Å². The molecule has 106 valence electrons. The lowest BCUT2D eigenvalue weighted by Crippen LogP contribution is -2.34. The van der Waals surface area contributed by atoms with Crippen molar-refractivity contribution in [2.75, 3.05) is 20.3 Å². The average molecular weight is 266 g/mol. The summed E-state index contributed by atoms with van der Waals surface area (Å²) in [5, 5.41) is 8.92. The van der Waals surface area contributed by atoms with E-state index in [2.05, 4.69) is 6.92 Å². The van der Waals surface area contributed by atoms with E-state index in [0.717, 1.165) is 24.2 Å². The van der Waals surface area contributed by atoms with Crippen LogP contribution in [0.5, 0.6) is 5.75 Å². The summed E-state index contributed by atoms with van der Waals surface area (Å²) >= 11 is 0. The lowest BCUT2D eigenvalue weighted by atomic mass is 9.99. The van der Waals surface area contributed by atoms with Gasteiger partial charge in [0.15, 0.2) is 6.29 Å². The van der Waals surface area contributed by atoms with Crippen molar-refractivity contribution in [2.24, 2.45) is 5.92 Å². The van der Waals surface area contributed by atoms with Crippen LogP contribution in [0.25, 0.3) is 0 Å². The summed E-state index contributed by atoms with van der Waals surface area (Å²) in [5.74, 6) is 1.19. The van der Waals surface area contributed by atoms with Crippen molar-refractivity contribution < 1.29 is 19.3 Å². The first-order valence-electron chi connectivity index (χ1n) is 6.76. The number of aliphatic hydroxyl groups excluding tert-OH is 1. The zero-order valence-electron chi connectivity index (χ0n) is 11.5. The van der Waals surface area contributed by atoms with Gasteiger partial charge in [0.25, 0.3) is 0 Å². The van der Waals surface area contributed by atoms with E-state index in [0.29, 0.717) is 12.5 Å². The fourth-order valence-corrected chi connectivity index (χ4v) is 2.26. The molecule has 0 aromatic heterocycles. The first-order chi connectivity index (χ1) is 9.24. The highest BCUT2D eigenvalue weighted by atomic mass is 16.7. The molecular formula is C15H22O4. The number of aliphatic hydroxyl groups is 1. The van der Waals surface area contributed by atoms with Crippen molar-refractivity contribution in [3.8, 4) is 5.75 Å². The van der Waals surface area contributed by atoms with Gasteiger partial charge in [-0.25, -0.2) is 0 Å². The van der Waals surface area contributed by atoms with Crippen LogP contribution in [0.4, 0.5) is 0 Å². The molecule has 4 nitrogen and oxygen atoms in total. The summed E-state index contributed by atoms with van der Waals surface area (Å²) in [4.78, 5) is 0. The molecule has 0 bridgehead atoms. The predicted molar refractivity (Wildman–Crippen MR) is 72.0 cm³/mol. The number of methoxy groups -OCH3 is 1. The Morgan fingerprint density at radius 1 is 1.32 bits per heavy atom. The van der Waals surface area contributed by atoms with Crippen molar-refractivity contribution >= 4 is 0 Å². The van der Waals surface area contributed by atoms with Gasteiger partial charge in [-0.05, 0) is 25.0 Å². The minimum absolute atomic E-state index is 0.146. The van der Waals surface area contributed by atoms with Gasteiger partial charge in [0.1, 0.15) is 5.75 Å². The molecule has 0 saturated carbocycles. The Morgan fingerprint density at radius 2 is 2.05 bits per heavy atom. The van der Waals surface area contributed by atoms with Gasteiger partial charge >= 0.3 is 0 Å². The Morgan fingerprint density at radius 3 is 2.68 bits per heavy atom. The normalized spacial score (nSPS) is 27.2. The van der Waals surface area contributed by atoms with Gasteiger partial charge < -0.3 is 19.3 Å². The first-order valence-corrected chi connectivity index (χ1v) is 6.76. The molecule has 4 heteroatoms. The number of hydrogen-bond acceptors (Lipinski definition) is 4. The van der Waals surface area contributed by atoms with Crippen LogP contribution < -0.4 is 4.74 Å². The summed E-state index contributed by atoms with van der Waals surface area (Å²) < 4.78 is 16.9. The van der Waals surface area contributed by atoms with Crippen LogP contribution in [0.3, 0.4) is 0 Å². The maximum absolute atomic E-state index is 8.92. The van der Waals surface area contributed by atoms with E-state index in [-0.39, 0.29) is 19.0 Å². The second-order valence-corrected chi connectivity index (χ2v) is 4.96. The van der Waals surface area contributed by atoms with Gasteiger partial charge in [-0.3, -0.25) is 0 Å². The van der Waals surface area contributed by atoms with Crippen molar-refractivity contribution in [2.45, 2.75) is 32.2 Å². The molecule has 0 aliphatic carbocycles. The summed E-state index contributed by atoms with van der Waals surface area (Å²) in [6, 6.07) is 7.73. The second kappa shape index (κ2) is 6.89. The van der Waals surface area contributed by atoms with Crippen LogP contribution in [0.1, 0.15) is 31.6 Å². The molecule has 1 unspecified atom stereocenters. The Balaban J connectivity index is 1.99. The minimum atomic E-state index is -0.314. The van der Waals surface area contributed by atoms with Gasteiger partial charge in [0.2, 0.25) is 0 Å². The molecule has 2 rings (SSSR count). The SMILES string of the molecule is COc1ccc(C2OC[C@@H](C)[C@@H](CCCO)O2)cc1. The third kappa shape index (κ3) is 3.69. The Labute approximate surface area is 114 Å². The Hall–Kier alpha value is -1.10. The molecule has 0 amide bonds. The second-order valence-electron chi connectivity index (χ2n) is 4.96. The number of benzene rings is 1. The smallest absolute Gasteiger partial charge is 0.184 e. The molecule has 3 atom stereocenters. The van der Waals surface area contributed by atoms with Crippen molar-refractivity contribution in [3.63, 3.8) is 0 Å². The fraction of sp³-hybridized carbons (Fsp3) is 0.600. The van der Waals surface area contributed by atoms with Crippen molar-refractivity contribution in [3.05, 3.63) is 29.8 Å². The molecule has 1 aromatic carbocycles. The van der Waals surface area contributed by atoms with Crippen LogP contribution >= 0.6 is 0 Å². The molecular weight excluding hydrogens is 244 g/mol. The maximum atomic E-state index is 8.92. The van der Waals surface area contributed by atoms with Gasteiger partial charge in [0.05, 0.1) is 19.8 Å². The third-order valence-corrected chi connectivity index (χ3v) is 3.48. The molecule has 1 aliphatic heterocycles. The van der Waals surface area contributed by atoms with E-state index < -0.39 is 0 Å². The summed E-state index contributed by atoms with van der Waals surface area (Å²) in [7, 11) is 1.65. The molecule has 1 aliphatic rings. The Kier molecular flexibility index (Phi) is 5.19. The number of hydrogen-bond donors (Lipinski definition) is 1. The topological polar surface area (TPSA) is 47.9 Å². The quantitative estimate of drug-likeness (QED) is 0.889. The lowest BCUT2D eigenvalue weighted by molar-refractivity contribution is -0.240. The molecule has 1 saturated heterocycles. The first kappa shape index (κ1) is 14.3. The largest absolute Gasteiger partial charge is 0.497 e. The maximum Gasteiger partial charge on any atom is 0.184 e. The zero-order valence-corrected chi connectivity index (χ0v) is 11.5. The van der Waals surface area contributed by atoms with E-state index in [1.54, 1.807) is 7.11 Å². The van der Waals surface area contributed by atoms with Crippen molar-refractivity contribution in [1.29, 1.82) is 0 Å². The predicted octanol–water partition coefficient (Wildman–Crippen LogP) is 2.52. The van der Waals surface area contributed by atoms with E-state index >= 15 is 0 Å². The minimum Gasteiger partial charge on any atom is -0.497 e. The van der Waals surface area contributed by atoms with E-state index in [9.17, 15) is 0 Å². The highest BCUT2D eigenvalue weighted by Gasteiger charge is 2.29. The highest BCUT2D eigenvalue weighted by molar-refractivity contribution is 5.27. The zero-order chi connectivity index (χ0) is 13.7. The molecule has 0 spiro atoms. The van der Waals surface area contributed by atoms with Gasteiger partial charge in [-0.1, -0.05) is 19.1 Å². The standard InChI is InChI=1S/C15H22O4/c1-11-10-18-15(19-14(11)4-3-9-16)12-5-7-13(17-2)8-6-12/h5-8,11,14-16H,3-4,9-10H2,1-2H3/t11-,14-,15?/m1/s1. The molecule has 1 N–H and O–H groups in total. The summed E-state index contributed by atoms with van der Waals surface area (Å²) in [6.07, 6.45) is 1.47. The average Bonchev–Trinajstić information content (AvgIpc) is 2.46. The molecule has 19 heavy (non-hydrogen) atoms. The highest BCUT2D eigenvalue weighted by Crippen LogP contribution is 2.31. The Bertz CT molecular complexity index is 376. The molecule has 1 fully saturated rings. The molecule has 1 aromatic rings. The monoisotopic (exact) mass is 266 g/mol. The summed E-state index contributed by atoms with van der Waals surface area (Å²) in [6.45, 7) is 3.01. The van der Waals surface area contributed by atoms with Crippen LogP contribution in [-0.4, -0.2) is 31.5 Å². The van der Waals surface area contributed by atoms with Gasteiger partial charge in [0, 0.05) is 18.1 Å². The number of rotatable bonds is 5. The third-order valence-electron chi connectivity index (χ3n) is 3.48. The van der Waals surface area contributed by atoms with E-state index in [4.69, 9.17) is 19.3 Å². The fourth-order valence-electron chi connectivity index (χ4n) is 2.26. The number of ether oxygens (including phenoxy) is 3. The lowest BCUT2D eigenvalue weighted by Gasteiger charge is -2.35. The van der Waals surface area contributed by atoms with E-state index in [1.165, 1.54) is 0 Å². The van der Waals surface area contributed by atoms with Gasteiger partial charge in [-0.15, -0.1) is 0 Å².